The van der Waals surface area contributed by atoms with Gasteiger partial charge in [0.05, 0.1) is 12.7 Å². The SMILES string of the molecule is COc1ccc(C(=O)N(CC(=O)O)CC2CC2)cn1. The number of methoxy groups -OCH3 is 1. The molecule has 0 radical (unpaired) electrons. The molecule has 0 aromatic carbocycles. The van der Waals surface area contributed by atoms with E-state index in [4.69, 9.17) is 9.84 Å². The first-order valence-electron chi connectivity index (χ1n) is 6.11. The minimum atomic E-state index is -1.00. The quantitative estimate of drug-likeness (QED) is 0.830. The molecule has 0 bridgehead atoms. The van der Waals surface area contributed by atoms with Gasteiger partial charge >= 0.3 is 5.97 Å². The van der Waals surface area contributed by atoms with E-state index in [2.05, 4.69) is 4.98 Å². The molecule has 0 saturated heterocycles. The van der Waals surface area contributed by atoms with Crippen molar-refractivity contribution in [2.75, 3.05) is 20.2 Å². The van der Waals surface area contributed by atoms with Crippen LogP contribution < -0.4 is 4.74 Å². The van der Waals surface area contributed by atoms with Gasteiger partial charge in [0, 0.05) is 18.8 Å². The van der Waals surface area contributed by atoms with Gasteiger partial charge in [0.15, 0.2) is 0 Å². The number of ether oxygens (including phenoxy) is 1. The third-order valence-corrected chi connectivity index (χ3v) is 2.98. The highest BCUT2D eigenvalue weighted by Crippen LogP contribution is 2.30. The molecule has 1 aliphatic rings. The lowest BCUT2D eigenvalue weighted by molar-refractivity contribution is -0.137. The molecule has 6 nitrogen and oxygen atoms in total. The Balaban J connectivity index is 2.09. The zero-order valence-electron chi connectivity index (χ0n) is 10.7. The molecule has 1 aromatic rings. The number of amides is 1. The van der Waals surface area contributed by atoms with Crippen LogP contribution in [0.3, 0.4) is 0 Å². The molecule has 1 heterocycles. The van der Waals surface area contributed by atoms with Gasteiger partial charge in [0.2, 0.25) is 5.88 Å². The fraction of sp³-hybridized carbons (Fsp3) is 0.462. The molecule has 1 N–H and O–H groups in total. The van der Waals surface area contributed by atoms with Crippen molar-refractivity contribution in [2.45, 2.75) is 12.8 Å². The minimum absolute atomic E-state index is 0.276. The highest BCUT2D eigenvalue weighted by molar-refractivity contribution is 5.95. The number of carbonyl (C=O) groups excluding carboxylic acids is 1. The summed E-state index contributed by atoms with van der Waals surface area (Å²) >= 11 is 0. The minimum Gasteiger partial charge on any atom is -0.481 e. The van der Waals surface area contributed by atoms with Gasteiger partial charge < -0.3 is 14.7 Å². The van der Waals surface area contributed by atoms with Crippen LogP contribution in [0.1, 0.15) is 23.2 Å². The molecular weight excluding hydrogens is 248 g/mol. The van der Waals surface area contributed by atoms with Crippen molar-refractivity contribution >= 4 is 11.9 Å². The molecule has 1 amide bonds. The van der Waals surface area contributed by atoms with Crippen molar-refractivity contribution in [3.8, 4) is 5.88 Å². The van der Waals surface area contributed by atoms with Gasteiger partial charge in [0.1, 0.15) is 6.54 Å². The molecule has 0 spiro atoms. The van der Waals surface area contributed by atoms with Gasteiger partial charge in [-0.1, -0.05) is 0 Å². The summed E-state index contributed by atoms with van der Waals surface area (Å²) in [5.41, 5.74) is 0.378. The first-order chi connectivity index (χ1) is 9.10. The second-order valence-corrected chi connectivity index (χ2v) is 4.61. The first kappa shape index (κ1) is 13.3. The number of rotatable bonds is 6. The number of carboxylic acid groups (broad SMARTS) is 1. The van der Waals surface area contributed by atoms with Crippen molar-refractivity contribution in [3.63, 3.8) is 0 Å². The Kier molecular flexibility index (Phi) is 3.99. The average Bonchev–Trinajstić information content (AvgIpc) is 3.21. The van der Waals surface area contributed by atoms with E-state index in [-0.39, 0.29) is 12.5 Å². The molecule has 0 unspecified atom stereocenters. The molecule has 0 atom stereocenters. The van der Waals surface area contributed by atoms with Gasteiger partial charge in [-0.05, 0) is 24.8 Å². The van der Waals surface area contributed by atoms with Crippen LogP contribution in [-0.4, -0.2) is 47.1 Å². The number of carboxylic acids is 1. The Bertz CT molecular complexity index is 468. The maximum Gasteiger partial charge on any atom is 0.323 e. The highest BCUT2D eigenvalue weighted by atomic mass is 16.5. The molecule has 1 aliphatic carbocycles. The highest BCUT2D eigenvalue weighted by Gasteiger charge is 2.28. The molecule has 6 heteroatoms. The number of pyridine rings is 1. The Morgan fingerprint density at radius 2 is 2.21 bits per heavy atom. The number of aromatic nitrogens is 1. The van der Waals surface area contributed by atoms with Gasteiger partial charge in [-0.2, -0.15) is 0 Å². The van der Waals surface area contributed by atoms with Crippen molar-refractivity contribution < 1.29 is 19.4 Å². The maximum absolute atomic E-state index is 12.2. The van der Waals surface area contributed by atoms with Crippen molar-refractivity contribution in [3.05, 3.63) is 23.9 Å². The van der Waals surface area contributed by atoms with E-state index >= 15 is 0 Å². The topological polar surface area (TPSA) is 79.7 Å². The van der Waals surface area contributed by atoms with Crippen LogP contribution in [-0.2, 0) is 4.79 Å². The Hall–Kier alpha value is -2.11. The summed E-state index contributed by atoms with van der Waals surface area (Å²) in [6.07, 6.45) is 3.53. The molecule has 1 aromatic heterocycles. The van der Waals surface area contributed by atoms with Crippen molar-refractivity contribution in [1.29, 1.82) is 0 Å². The molecule has 19 heavy (non-hydrogen) atoms. The van der Waals surface area contributed by atoms with Gasteiger partial charge in [-0.15, -0.1) is 0 Å². The summed E-state index contributed by atoms with van der Waals surface area (Å²) in [5, 5.41) is 8.87. The monoisotopic (exact) mass is 264 g/mol. The molecular formula is C13H16N2O4. The Labute approximate surface area is 111 Å². The number of nitrogens with zero attached hydrogens (tertiary/aromatic N) is 2. The summed E-state index contributed by atoms with van der Waals surface area (Å²) in [6.45, 7) is 0.221. The predicted octanol–water partition coefficient (Wildman–Crippen LogP) is 1.03. The Morgan fingerprint density at radius 3 is 2.68 bits per heavy atom. The summed E-state index contributed by atoms with van der Waals surface area (Å²) in [6, 6.07) is 3.18. The lowest BCUT2D eigenvalue weighted by Gasteiger charge is -2.20. The van der Waals surface area contributed by atoms with E-state index in [1.54, 1.807) is 12.1 Å². The van der Waals surface area contributed by atoms with E-state index in [9.17, 15) is 9.59 Å². The van der Waals surface area contributed by atoms with E-state index in [0.717, 1.165) is 12.8 Å². The van der Waals surface area contributed by atoms with Crippen LogP contribution in [0.4, 0.5) is 0 Å². The lowest BCUT2D eigenvalue weighted by atomic mass is 10.2. The molecule has 0 aliphatic heterocycles. The molecule has 102 valence electrons. The van der Waals surface area contributed by atoms with Gasteiger partial charge in [-0.25, -0.2) is 4.98 Å². The largest absolute Gasteiger partial charge is 0.481 e. The standard InChI is InChI=1S/C13H16N2O4/c1-19-11-5-4-10(6-14-11)13(18)15(8-12(16)17)7-9-2-3-9/h4-6,9H,2-3,7-8H2,1H3,(H,16,17). The predicted molar refractivity (Wildman–Crippen MR) is 67.1 cm³/mol. The van der Waals surface area contributed by atoms with Crippen molar-refractivity contribution in [2.24, 2.45) is 5.92 Å². The number of carbonyl (C=O) groups is 2. The van der Waals surface area contributed by atoms with Crippen molar-refractivity contribution in [1.82, 2.24) is 9.88 Å². The van der Waals surface area contributed by atoms with Crippen LogP contribution in [0, 0.1) is 5.92 Å². The third-order valence-electron chi connectivity index (χ3n) is 2.98. The molecule has 1 saturated carbocycles. The van der Waals surface area contributed by atoms with E-state index in [0.29, 0.717) is 23.9 Å². The Morgan fingerprint density at radius 1 is 1.47 bits per heavy atom. The second kappa shape index (κ2) is 5.69. The van der Waals surface area contributed by atoms with Gasteiger partial charge in [-0.3, -0.25) is 9.59 Å². The summed E-state index contributed by atoms with van der Waals surface area (Å²) in [7, 11) is 1.49. The maximum atomic E-state index is 12.2. The van der Waals surface area contributed by atoms with E-state index in [1.807, 2.05) is 0 Å². The second-order valence-electron chi connectivity index (χ2n) is 4.61. The number of aliphatic carboxylic acids is 1. The van der Waals surface area contributed by atoms with E-state index < -0.39 is 5.97 Å². The molecule has 1 fully saturated rings. The summed E-state index contributed by atoms with van der Waals surface area (Å²) in [4.78, 5) is 28.4. The third kappa shape index (κ3) is 3.67. The summed E-state index contributed by atoms with van der Waals surface area (Å²) in [5.74, 6) is -0.446. The van der Waals surface area contributed by atoms with Gasteiger partial charge in [0.25, 0.3) is 5.91 Å². The van der Waals surface area contributed by atoms with Crippen LogP contribution in [0.2, 0.25) is 0 Å². The number of hydrogen-bond acceptors (Lipinski definition) is 4. The molecule has 2 rings (SSSR count). The van der Waals surface area contributed by atoms with Crippen LogP contribution in [0.5, 0.6) is 5.88 Å². The zero-order valence-corrected chi connectivity index (χ0v) is 10.7. The lowest BCUT2D eigenvalue weighted by Crippen LogP contribution is -2.37. The average molecular weight is 264 g/mol. The van der Waals surface area contributed by atoms with E-state index in [1.165, 1.54) is 18.2 Å². The zero-order chi connectivity index (χ0) is 13.8. The fourth-order valence-electron chi connectivity index (χ4n) is 1.80. The van der Waals surface area contributed by atoms with Crippen LogP contribution in [0.25, 0.3) is 0 Å². The fourth-order valence-corrected chi connectivity index (χ4v) is 1.80. The normalized spacial score (nSPS) is 13.9. The first-order valence-corrected chi connectivity index (χ1v) is 6.11. The van der Waals surface area contributed by atoms with Crippen LogP contribution in [0.15, 0.2) is 18.3 Å². The van der Waals surface area contributed by atoms with Crippen LogP contribution >= 0.6 is 0 Å². The summed E-state index contributed by atoms with van der Waals surface area (Å²) < 4.78 is 4.92. The smallest absolute Gasteiger partial charge is 0.323 e. The number of hydrogen-bond donors (Lipinski definition) is 1.